The molecule has 0 aliphatic rings. The molecule has 0 atom stereocenters. The van der Waals surface area contributed by atoms with Crippen LogP contribution in [0, 0.1) is 6.92 Å². The van der Waals surface area contributed by atoms with Crippen molar-refractivity contribution in [3.8, 4) is 0 Å². The Bertz CT molecular complexity index is 700. The summed E-state index contributed by atoms with van der Waals surface area (Å²) >= 11 is 6.47. The first-order valence-electron chi connectivity index (χ1n) is 5.59. The zero-order chi connectivity index (χ0) is 15.8. The lowest BCUT2D eigenvalue weighted by Crippen LogP contribution is -2.16. The van der Waals surface area contributed by atoms with Gasteiger partial charge in [0, 0.05) is 5.02 Å². The van der Waals surface area contributed by atoms with Crippen LogP contribution in [0.5, 0.6) is 0 Å². The molecule has 2 rings (SSSR count). The summed E-state index contributed by atoms with van der Waals surface area (Å²) in [6.07, 6.45) is -4.63. The van der Waals surface area contributed by atoms with E-state index in [2.05, 4.69) is 10.3 Å². The Hall–Kier alpha value is -1.80. The van der Waals surface area contributed by atoms with Gasteiger partial charge >= 0.3 is 6.18 Å². The molecule has 0 spiro atoms. The van der Waals surface area contributed by atoms with Gasteiger partial charge in [-0.25, -0.2) is 4.98 Å². The van der Waals surface area contributed by atoms with Crippen LogP contribution in [0.2, 0.25) is 5.02 Å². The molecule has 1 aromatic heterocycles. The molecular formula is C12H9ClF3N3OS. The molecule has 1 heterocycles. The summed E-state index contributed by atoms with van der Waals surface area (Å²) in [6, 6.07) is 3.12. The maximum absolute atomic E-state index is 12.9. The number of nitrogens with one attached hydrogen (secondary N) is 1. The summed E-state index contributed by atoms with van der Waals surface area (Å²) in [5.74, 6) is -0.700. The maximum atomic E-state index is 12.9. The van der Waals surface area contributed by atoms with Gasteiger partial charge in [0.2, 0.25) is 0 Å². The molecule has 1 amide bonds. The van der Waals surface area contributed by atoms with E-state index in [0.29, 0.717) is 5.69 Å². The van der Waals surface area contributed by atoms with Gasteiger partial charge in [0.05, 0.1) is 16.9 Å². The fraction of sp³-hybridized carbons (Fsp3) is 0.167. The number of carbonyl (C=O) groups excluding carboxylic acids is 1. The first-order chi connectivity index (χ1) is 9.68. The third-order valence-corrected chi connectivity index (χ3v) is 3.78. The molecular weight excluding hydrogens is 327 g/mol. The van der Waals surface area contributed by atoms with Crippen molar-refractivity contribution in [1.82, 2.24) is 4.98 Å². The van der Waals surface area contributed by atoms with Crippen molar-refractivity contribution in [2.75, 3.05) is 11.1 Å². The van der Waals surface area contributed by atoms with Gasteiger partial charge in [-0.3, -0.25) is 4.79 Å². The lowest BCUT2D eigenvalue weighted by Gasteiger charge is -2.13. The van der Waals surface area contributed by atoms with Crippen molar-refractivity contribution in [1.29, 1.82) is 0 Å². The fourth-order valence-electron chi connectivity index (χ4n) is 1.67. The number of anilines is 2. The number of amides is 1. The third kappa shape index (κ3) is 3.45. The Morgan fingerprint density at radius 2 is 2.10 bits per heavy atom. The number of hydrogen-bond acceptors (Lipinski definition) is 4. The predicted octanol–water partition coefficient (Wildman–Crippen LogP) is 3.96. The molecule has 0 saturated carbocycles. The van der Waals surface area contributed by atoms with E-state index in [1.54, 1.807) is 6.92 Å². The van der Waals surface area contributed by atoms with Crippen LogP contribution in [-0.4, -0.2) is 10.9 Å². The molecule has 0 fully saturated rings. The maximum Gasteiger partial charge on any atom is 0.418 e. The predicted molar refractivity (Wildman–Crippen MR) is 75.7 cm³/mol. The van der Waals surface area contributed by atoms with Gasteiger partial charge in [-0.1, -0.05) is 22.9 Å². The van der Waals surface area contributed by atoms with Crippen LogP contribution in [0.3, 0.4) is 0 Å². The Morgan fingerprint density at radius 3 is 2.62 bits per heavy atom. The smallest absolute Gasteiger partial charge is 0.375 e. The van der Waals surface area contributed by atoms with Gasteiger partial charge in [-0.2, -0.15) is 13.2 Å². The SMILES string of the molecule is Cc1nc(N)sc1C(=O)Nc1ccc(Cl)cc1C(F)(F)F. The van der Waals surface area contributed by atoms with Crippen LogP contribution in [0.4, 0.5) is 24.0 Å². The second-order valence-corrected chi connectivity index (χ2v) is 5.58. The number of thiazole rings is 1. The average molecular weight is 336 g/mol. The molecule has 1 aromatic carbocycles. The quantitative estimate of drug-likeness (QED) is 0.873. The number of nitrogens with two attached hydrogens (primary N) is 1. The van der Waals surface area contributed by atoms with Crippen LogP contribution >= 0.6 is 22.9 Å². The van der Waals surface area contributed by atoms with Gasteiger partial charge in [0.15, 0.2) is 5.13 Å². The molecule has 0 radical (unpaired) electrons. The molecule has 0 aliphatic carbocycles. The van der Waals surface area contributed by atoms with Crippen LogP contribution < -0.4 is 11.1 Å². The minimum absolute atomic E-state index is 0.0708. The van der Waals surface area contributed by atoms with Crippen molar-refractivity contribution in [2.45, 2.75) is 13.1 Å². The van der Waals surface area contributed by atoms with Gasteiger partial charge in [-0.15, -0.1) is 0 Å². The van der Waals surface area contributed by atoms with E-state index in [1.807, 2.05) is 0 Å². The molecule has 3 N–H and O–H groups in total. The Labute approximate surface area is 126 Å². The molecule has 4 nitrogen and oxygen atoms in total. The van der Waals surface area contributed by atoms with Crippen LogP contribution in [0.25, 0.3) is 0 Å². The van der Waals surface area contributed by atoms with E-state index < -0.39 is 17.6 Å². The highest BCUT2D eigenvalue weighted by atomic mass is 35.5. The van der Waals surface area contributed by atoms with E-state index in [0.717, 1.165) is 23.5 Å². The average Bonchev–Trinajstić information content (AvgIpc) is 2.69. The summed E-state index contributed by atoms with van der Waals surface area (Å²) in [6.45, 7) is 1.55. The van der Waals surface area contributed by atoms with Gasteiger partial charge in [0.25, 0.3) is 5.91 Å². The molecule has 2 aromatic rings. The number of benzene rings is 1. The number of rotatable bonds is 2. The molecule has 0 saturated heterocycles. The molecule has 0 unspecified atom stereocenters. The Kier molecular flexibility index (Phi) is 4.11. The Balaban J connectivity index is 2.36. The first kappa shape index (κ1) is 15.6. The minimum atomic E-state index is -4.63. The fourth-order valence-corrected chi connectivity index (χ4v) is 2.57. The molecule has 9 heteroatoms. The Morgan fingerprint density at radius 1 is 1.43 bits per heavy atom. The summed E-state index contributed by atoms with van der Waals surface area (Å²) in [7, 11) is 0. The second-order valence-electron chi connectivity index (χ2n) is 4.11. The zero-order valence-corrected chi connectivity index (χ0v) is 12.2. The topological polar surface area (TPSA) is 68.0 Å². The number of hydrogen-bond donors (Lipinski definition) is 2. The largest absolute Gasteiger partial charge is 0.418 e. The van der Waals surface area contributed by atoms with Crippen LogP contribution in [0.1, 0.15) is 20.9 Å². The minimum Gasteiger partial charge on any atom is -0.375 e. The lowest BCUT2D eigenvalue weighted by atomic mass is 10.1. The highest BCUT2D eigenvalue weighted by Crippen LogP contribution is 2.37. The lowest BCUT2D eigenvalue weighted by molar-refractivity contribution is -0.136. The van der Waals surface area contributed by atoms with E-state index >= 15 is 0 Å². The normalized spacial score (nSPS) is 11.5. The number of alkyl halides is 3. The molecule has 112 valence electrons. The zero-order valence-electron chi connectivity index (χ0n) is 10.6. The number of aromatic nitrogens is 1. The van der Waals surface area contributed by atoms with Gasteiger partial charge in [0.1, 0.15) is 4.88 Å². The van der Waals surface area contributed by atoms with Crippen molar-refractivity contribution in [3.63, 3.8) is 0 Å². The standard InChI is InChI=1S/C12H9ClF3N3OS/c1-5-9(21-11(17)18-5)10(20)19-8-3-2-6(13)4-7(8)12(14,15)16/h2-4H,1H3,(H2,17,18)(H,19,20). The number of nitrogen functional groups attached to an aromatic ring is 1. The van der Waals surface area contributed by atoms with E-state index in [-0.39, 0.29) is 20.7 Å². The van der Waals surface area contributed by atoms with Gasteiger partial charge < -0.3 is 11.1 Å². The van der Waals surface area contributed by atoms with Crippen molar-refractivity contribution in [3.05, 3.63) is 39.4 Å². The highest BCUT2D eigenvalue weighted by Gasteiger charge is 2.34. The van der Waals surface area contributed by atoms with E-state index in [1.165, 1.54) is 6.07 Å². The summed E-state index contributed by atoms with van der Waals surface area (Å²) in [4.78, 5) is 16.0. The molecule has 0 bridgehead atoms. The number of halogens is 4. The molecule has 0 aliphatic heterocycles. The summed E-state index contributed by atoms with van der Waals surface area (Å²) in [5, 5.41) is 2.31. The van der Waals surface area contributed by atoms with Gasteiger partial charge in [-0.05, 0) is 25.1 Å². The molecule has 21 heavy (non-hydrogen) atoms. The van der Waals surface area contributed by atoms with E-state index in [9.17, 15) is 18.0 Å². The number of aryl methyl sites for hydroxylation is 1. The van der Waals surface area contributed by atoms with Crippen LogP contribution in [-0.2, 0) is 6.18 Å². The van der Waals surface area contributed by atoms with Crippen molar-refractivity contribution >= 4 is 39.7 Å². The van der Waals surface area contributed by atoms with E-state index in [4.69, 9.17) is 17.3 Å². The summed E-state index contributed by atoms with van der Waals surface area (Å²) < 4.78 is 38.8. The third-order valence-electron chi connectivity index (χ3n) is 2.55. The first-order valence-corrected chi connectivity index (χ1v) is 6.79. The highest BCUT2D eigenvalue weighted by molar-refractivity contribution is 7.17. The monoisotopic (exact) mass is 335 g/mol. The van der Waals surface area contributed by atoms with Crippen molar-refractivity contribution in [2.24, 2.45) is 0 Å². The van der Waals surface area contributed by atoms with Crippen LogP contribution in [0.15, 0.2) is 18.2 Å². The van der Waals surface area contributed by atoms with Crippen molar-refractivity contribution < 1.29 is 18.0 Å². The summed E-state index contributed by atoms with van der Waals surface area (Å²) in [5.41, 5.74) is 4.43. The second kappa shape index (κ2) is 5.53. The number of nitrogens with zero attached hydrogens (tertiary/aromatic N) is 1. The number of carbonyl (C=O) groups is 1.